The lowest BCUT2D eigenvalue weighted by Gasteiger charge is -2.13. The number of benzene rings is 1. The van der Waals surface area contributed by atoms with E-state index in [1.807, 2.05) is 6.92 Å². The first-order valence-corrected chi connectivity index (χ1v) is 6.53. The Morgan fingerprint density at radius 1 is 1.39 bits per heavy atom. The van der Waals surface area contributed by atoms with Gasteiger partial charge in [0.25, 0.3) is 0 Å². The first-order chi connectivity index (χ1) is 8.36. The first kappa shape index (κ1) is 14.9. The first-order valence-electron chi connectivity index (χ1n) is 5.54. The molecule has 1 aromatic carbocycles. The molecule has 0 saturated heterocycles. The van der Waals surface area contributed by atoms with Crippen molar-refractivity contribution in [2.24, 2.45) is 5.73 Å². The second-order valence-electron chi connectivity index (χ2n) is 3.82. The van der Waals surface area contributed by atoms with Gasteiger partial charge in [-0.15, -0.1) is 11.8 Å². The number of amidine groups is 1. The molecule has 0 amide bonds. The summed E-state index contributed by atoms with van der Waals surface area (Å²) in [6.45, 7) is 2.05. The van der Waals surface area contributed by atoms with Gasteiger partial charge in [-0.05, 0) is 30.4 Å². The highest BCUT2D eigenvalue weighted by Crippen LogP contribution is 2.34. The third-order valence-electron chi connectivity index (χ3n) is 2.35. The standard InChI is InChI=1S/C12H15F3N2S/c1-2-3-6-18-8-4-5-10(12(13,14)15)9(7-8)11(16)17/h4-5,7H,2-3,6H2,1H3,(H3,16,17). The van der Waals surface area contributed by atoms with E-state index in [0.717, 1.165) is 24.7 Å². The Balaban J connectivity index is 3.01. The van der Waals surface area contributed by atoms with E-state index in [1.165, 1.54) is 23.9 Å². The number of nitrogens with one attached hydrogen (secondary N) is 1. The second kappa shape index (κ2) is 6.13. The maximum Gasteiger partial charge on any atom is 0.417 e. The van der Waals surface area contributed by atoms with Crippen LogP contribution in [0.4, 0.5) is 13.2 Å². The topological polar surface area (TPSA) is 49.9 Å². The van der Waals surface area contributed by atoms with Crippen molar-refractivity contribution in [1.29, 1.82) is 5.41 Å². The molecule has 0 saturated carbocycles. The van der Waals surface area contributed by atoms with Crippen molar-refractivity contribution in [2.75, 3.05) is 5.75 Å². The molecule has 0 radical (unpaired) electrons. The third kappa shape index (κ3) is 3.94. The molecule has 18 heavy (non-hydrogen) atoms. The monoisotopic (exact) mass is 276 g/mol. The van der Waals surface area contributed by atoms with Crippen LogP contribution in [0.1, 0.15) is 30.9 Å². The number of thioether (sulfide) groups is 1. The van der Waals surface area contributed by atoms with Crippen LogP contribution < -0.4 is 5.73 Å². The summed E-state index contributed by atoms with van der Waals surface area (Å²) in [5.41, 5.74) is 4.11. The van der Waals surface area contributed by atoms with Crippen LogP contribution in [0.2, 0.25) is 0 Å². The van der Waals surface area contributed by atoms with Gasteiger partial charge in [-0.25, -0.2) is 0 Å². The molecule has 100 valence electrons. The smallest absolute Gasteiger partial charge is 0.384 e. The second-order valence-corrected chi connectivity index (χ2v) is 4.99. The van der Waals surface area contributed by atoms with Gasteiger partial charge in [0.05, 0.1) is 5.56 Å². The summed E-state index contributed by atoms with van der Waals surface area (Å²) >= 11 is 1.48. The molecule has 0 heterocycles. The quantitative estimate of drug-likeness (QED) is 0.371. The Hall–Kier alpha value is -1.17. The van der Waals surface area contributed by atoms with Gasteiger partial charge >= 0.3 is 6.18 Å². The van der Waals surface area contributed by atoms with Crippen LogP contribution in [-0.4, -0.2) is 11.6 Å². The molecule has 0 aliphatic carbocycles. The molecule has 0 aliphatic heterocycles. The number of hydrogen-bond acceptors (Lipinski definition) is 2. The molecule has 0 fully saturated rings. The van der Waals surface area contributed by atoms with Crippen LogP contribution in [0.15, 0.2) is 23.1 Å². The van der Waals surface area contributed by atoms with Crippen LogP contribution >= 0.6 is 11.8 Å². The minimum Gasteiger partial charge on any atom is -0.384 e. The van der Waals surface area contributed by atoms with Gasteiger partial charge in [-0.3, -0.25) is 5.41 Å². The number of nitrogens with two attached hydrogens (primary N) is 1. The van der Waals surface area contributed by atoms with E-state index in [1.54, 1.807) is 0 Å². The molecule has 0 aromatic heterocycles. The number of unbranched alkanes of at least 4 members (excludes halogenated alkanes) is 1. The highest BCUT2D eigenvalue weighted by molar-refractivity contribution is 7.99. The lowest BCUT2D eigenvalue weighted by atomic mass is 10.1. The summed E-state index contributed by atoms with van der Waals surface area (Å²) in [6, 6.07) is 3.76. The van der Waals surface area contributed by atoms with E-state index in [9.17, 15) is 13.2 Å². The molecule has 3 N–H and O–H groups in total. The van der Waals surface area contributed by atoms with Gasteiger partial charge in [-0.1, -0.05) is 13.3 Å². The molecule has 2 nitrogen and oxygen atoms in total. The molecule has 0 bridgehead atoms. The van der Waals surface area contributed by atoms with Gasteiger partial charge in [0.1, 0.15) is 5.84 Å². The SMILES string of the molecule is CCCCSc1ccc(C(F)(F)F)c(C(=N)N)c1. The van der Waals surface area contributed by atoms with E-state index >= 15 is 0 Å². The molecular formula is C12H15F3N2S. The fourth-order valence-corrected chi connectivity index (χ4v) is 2.45. The van der Waals surface area contributed by atoms with Crippen molar-refractivity contribution in [3.05, 3.63) is 29.3 Å². The van der Waals surface area contributed by atoms with Crippen molar-refractivity contribution < 1.29 is 13.2 Å². The third-order valence-corrected chi connectivity index (χ3v) is 3.43. The van der Waals surface area contributed by atoms with Crippen LogP contribution in [0.25, 0.3) is 0 Å². The predicted molar refractivity (Wildman–Crippen MR) is 68.1 cm³/mol. The maximum absolute atomic E-state index is 12.7. The molecule has 1 aromatic rings. The highest BCUT2D eigenvalue weighted by atomic mass is 32.2. The van der Waals surface area contributed by atoms with Crippen LogP contribution in [0.5, 0.6) is 0 Å². The Labute approximate surface area is 108 Å². The zero-order valence-electron chi connectivity index (χ0n) is 9.97. The summed E-state index contributed by atoms with van der Waals surface area (Å²) in [4.78, 5) is 0.710. The van der Waals surface area contributed by atoms with Gasteiger partial charge in [0, 0.05) is 10.5 Å². The molecule has 6 heteroatoms. The lowest BCUT2D eigenvalue weighted by molar-refractivity contribution is -0.137. The van der Waals surface area contributed by atoms with E-state index in [4.69, 9.17) is 11.1 Å². The lowest BCUT2D eigenvalue weighted by Crippen LogP contribution is -2.18. The summed E-state index contributed by atoms with van der Waals surface area (Å²) in [5.74, 6) is 0.291. The zero-order chi connectivity index (χ0) is 13.8. The molecule has 0 atom stereocenters. The van der Waals surface area contributed by atoms with Gasteiger partial charge in [0.15, 0.2) is 0 Å². The summed E-state index contributed by atoms with van der Waals surface area (Å²) in [5, 5.41) is 7.23. The van der Waals surface area contributed by atoms with Gasteiger partial charge in [-0.2, -0.15) is 13.2 Å². The van der Waals surface area contributed by atoms with Crippen LogP contribution in [0.3, 0.4) is 0 Å². The average molecular weight is 276 g/mol. The number of nitrogen functional groups attached to an aromatic ring is 1. The van der Waals surface area contributed by atoms with E-state index in [0.29, 0.717) is 4.90 Å². The Morgan fingerprint density at radius 2 is 2.06 bits per heavy atom. The van der Waals surface area contributed by atoms with Crippen molar-refractivity contribution in [3.8, 4) is 0 Å². The van der Waals surface area contributed by atoms with E-state index in [2.05, 4.69) is 0 Å². The van der Waals surface area contributed by atoms with Crippen molar-refractivity contribution in [3.63, 3.8) is 0 Å². The molecule has 0 unspecified atom stereocenters. The molecule has 0 spiro atoms. The Bertz CT molecular complexity index is 430. The molecule has 1 rings (SSSR count). The normalized spacial score (nSPS) is 11.6. The minimum absolute atomic E-state index is 0.246. The number of alkyl halides is 3. The summed E-state index contributed by atoms with van der Waals surface area (Å²) in [6.07, 6.45) is -2.44. The average Bonchev–Trinajstić information content (AvgIpc) is 2.27. The van der Waals surface area contributed by atoms with Crippen LogP contribution in [-0.2, 0) is 6.18 Å². The van der Waals surface area contributed by atoms with E-state index < -0.39 is 17.6 Å². The summed E-state index contributed by atoms with van der Waals surface area (Å²) in [7, 11) is 0. The summed E-state index contributed by atoms with van der Waals surface area (Å²) < 4.78 is 38.1. The van der Waals surface area contributed by atoms with Gasteiger partial charge < -0.3 is 5.73 Å². The maximum atomic E-state index is 12.7. The van der Waals surface area contributed by atoms with Crippen LogP contribution in [0, 0.1) is 5.41 Å². The van der Waals surface area contributed by atoms with Gasteiger partial charge in [0.2, 0.25) is 0 Å². The van der Waals surface area contributed by atoms with E-state index in [-0.39, 0.29) is 5.56 Å². The minimum atomic E-state index is -4.48. The highest BCUT2D eigenvalue weighted by Gasteiger charge is 2.34. The van der Waals surface area contributed by atoms with Crippen molar-refractivity contribution in [1.82, 2.24) is 0 Å². The Kier molecular flexibility index (Phi) is 5.07. The number of hydrogen-bond donors (Lipinski definition) is 2. The Morgan fingerprint density at radius 3 is 2.56 bits per heavy atom. The number of halogens is 3. The molecule has 0 aliphatic rings. The van der Waals surface area contributed by atoms with Crippen molar-refractivity contribution in [2.45, 2.75) is 30.8 Å². The molecular weight excluding hydrogens is 261 g/mol. The number of rotatable bonds is 5. The fourth-order valence-electron chi connectivity index (χ4n) is 1.42. The predicted octanol–water partition coefficient (Wildman–Crippen LogP) is 3.88. The largest absolute Gasteiger partial charge is 0.417 e. The van der Waals surface area contributed by atoms with Crippen molar-refractivity contribution >= 4 is 17.6 Å². The fraction of sp³-hybridized carbons (Fsp3) is 0.417. The zero-order valence-corrected chi connectivity index (χ0v) is 10.8.